The average molecular weight is 453 g/mol. The molecule has 0 fully saturated rings. The molecule has 134 valence electrons. The number of carbonyl (C=O) groups excluding carboxylic acids is 1. The summed E-state index contributed by atoms with van der Waals surface area (Å²) in [7, 11) is 3.15. The van der Waals surface area contributed by atoms with Gasteiger partial charge < -0.3 is 14.8 Å². The molecule has 1 N–H and O–H groups in total. The molecule has 0 radical (unpaired) electrons. The van der Waals surface area contributed by atoms with Gasteiger partial charge in [0, 0.05) is 9.11 Å². The molecule has 0 aromatic heterocycles. The Balaban J connectivity index is 2.22. The molecule has 0 saturated heterocycles. The van der Waals surface area contributed by atoms with Crippen LogP contribution in [0.1, 0.15) is 35.3 Å². The first kappa shape index (κ1) is 19.6. The Labute approximate surface area is 163 Å². The lowest BCUT2D eigenvalue weighted by Gasteiger charge is -2.27. The van der Waals surface area contributed by atoms with E-state index in [0.29, 0.717) is 17.1 Å². The fraction of sp³-hybridized carbons (Fsp3) is 0.350. The Morgan fingerprint density at radius 1 is 1.12 bits per heavy atom. The Morgan fingerprint density at radius 3 is 2.32 bits per heavy atom. The largest absolute Gasteiger partial charge is 0.493 e. The van der Waals surface area contributed by atoms with Gasteiger partial charge >= 0.3 is 0 Å². The Hall–Kier alpha value is -1.76. The van der Waals surface area contributed by atoms with Gasteiger partial charge in [-0.3, -0.25) is 4.79 Å². The van der Waals surface area contributed by atoms with Gasteiger partial charge in [0.1, 0.15) is 0 Å². The van der Waals surface area contributed by atoms with E-state index in [-0.39, 0.29) is 11.4 Å². The third-order valence-corrected chi connectivity index (χ3v) is 4.96. The number of methoxy groups -OCH3 is 2. The summed E-state index contributed by atoms with van der Waals surface area (Å²) in [6, 6.07) is 11.8. The zero-order chi connectivity index (χ0) is 18.6. The molecule has 0 atom stereocenters. The maximum Gasteiger partial charge on any atom is 0.252 e. The molecule has 1 amide bonds. The molecular formula is C20H24INO3. The fourth-order valence-corrected chi connectivity index (χ4v) is 3.42. The van der Waals surface area contributed by atoms with Crippen molar-refractivity contribution < 1.29 is 14.3 Å². The van der Waals surface area contributed by atoms with Gasteiger partial charge in [-0.2, -0.15) is 0 Å². The van der Waals surface area contributed by atoms with Crippen molar-refractivity contribution >= 4 is 28.5 Å². The van der Waals surface area contributed by atoms with Crippen molar-refractivity contribution in [2.75, 3.05) is 14.2 Å². The van der Waals surface area contributed by atoms with Crippen LogP contribution < -0.4 is 14.8 Å². The molecule has 0 aliphatic rings. The summed E-state index contributed by atoms with van der Waals surface area (Å²) in [5.41, 5.74) is 2.66. The third kappa shape index (κ3) is 4.87. The van der Waals surface area contributed by atoms with E-state index >= 15 is 0 Å². The number of aryl methyl sites for hydroxylation is 1. The number of rotatable bonds is 6. The summed E-state index contributed by atoms with van der Waals surface area (Å²) >= 11 is 2.14. The Bertz CT molecular complexity index is 772. The lowest BCUT2D eigenvalue weighted by molar-refractivity contribution is 0.0911. The van der Waals surface area contributed by atoms with E-state index in [0.717, 1.165) is 9.99 Å². The second-order valence-electron chi connectivity index (χ2n) is 6.63. The summed E-state index contributed by atoms with van der Waals surface area (Å²) in [4.78, 5) is 12.8. The molecule has 0 aliphatic carbocycles. The molecule has 0 heterocycles. The van der Waals surface area contributed by atoms with Crippen molar-refractivity contribution in [1.82, 2.24) is 5.32 Å². The van der Waals surface area contributed by atoms with Gasteiger partial charge in [-0.15, -0.1) is 0 Å². The lowest BCUT2D eigenvalue weighted by Crippen LogP contribution is -2.45. The summed E-state index contributed by atoms with van der Waals surface area (Å²) in [5, 5.41) is 3.14. The van der Waals surface area contributed by atoms with Crippen LogP contribution in [0.2, 0.25) is 0 Å². The highest BCUT2D eigenvalue weighted by Crippen LogP contribution is 2.31. The van der Waals surface area contributed by atoms with Crippen LogP contribution >= 0.6 is 22.6 Å². The number of carbonyl (C=O) groups is 1. The standard InChI is InChI=1S/C20H24INO3/c1-13-8-6-7-9-14(13)12-20(2,3)22-19(23)15-10-17(24-4)18(25-5)11-16(15)21/h6-11H,12H2,1-5H3,(H,22,23). The highest BCUT2D eigenvalue weighted by molar-refractivity contribution is 14.1. The zero-order valence-electron chi connectivity index (χ0n) is 15.3. The SMILES string of the molecule is COc1cc(I)c(C(=O)NC(C)(C)Cc2ccccc2C)cc1OC. The van der Waals surface area contributed by atoms with Crippen LogP contribution in [0, 0.1) is 10.5 Å². The molecule has 4 nitrogen and oxygen atoms in total. The summed E-state index contributed by atoms with van der Waals surface area (Å²) in [6.45, 7) is 6.15. The van der Waals surface area contributed by atoms with Gasteiger partial charge in [0.05, 0.1) is 19.8 Å². The second kappa shape index (κ2) is 8.08. The van der Waals surface area contributed by atoms with E-state index in [1.807, 2.05) is 32.0 Å². The Morgan fingerprint density at radius 2 is 1.72 bits per heavy atom. The monoisotopic (exact) mass is 453 g/mol. The van der Waals surface area contributed by atoms with E-state index in [2.05, 4.69) is 47.0 Å². The molecule has 2 aromatic carbocycles. The normalized spacial score (nSPS) is 11.1. The predicted molar refractivity (Wildman–Crippen MR) is 109 cm³/mol. The molecule has 2 aromatic rings. The number of hydrogen-bond acceptors (Lipinski definition) is 3. The molecule has 25 heavy (non-hydrogen) atoms. The summed E-state index contributed by atoms with van der Waals surface area (Å²) in [5.74, 6) is 1.04. The maximum absolute atomic E-state index is 12.8. The van der Waals surface area contributed by atoms with Crippen LogP contribution in [-0.4, -0.2) is 25.7 Å². The van der Waals surface area contributed by atoms with E-state index in [1.54, 1.807) is 20.3 Å². The Kier molecular flexibility index (Phi) is 6.32. The molecule has 5 heteroatoms. The number of ether oxygens (including phenoxy) is 2. The van der Waals surface area contributed by atoms with Gasteiger partial charge in [0.2, 0.25) is 0 Å². The van der Waals surface area contributed by atoms with Gasteiger partial charge in [-0.25, -0.2) is 0 Å². The second-order valence-corrected chi connectivity index (χ2v) is 7.79. The predicted octanol–water partition coefficient (Wildman–Crippen LogP) is 4.37. The molecule has 0 spiro atoms. The van der Waals surface area contributed by atoms with Crippen molar-refractivity contribution in [2.24, 2.45) is 0 Å². The minimum absolute atomic E-state index is 0.121. The van der Waals surface area contributed by atoms with Crippen molar-refractivity contribution in [3.05, 3.63) is 56.7 Å². The smallest absolute Gasteiger partial charge is 0.252 e. The number of halogens is 1. The lowest BCUT2D eigenvalue weighted by atomic mass is 9.92. The van der Waals surface area contributed by atoms with Crippen molar-refractivity contribution in [2.45, 2.75) is 32.7 Å². The minimum Gasteiger partial charge on any atom is -0.493 e. The fourth-order valence-electron chi connectivity index (χ4n) is 2.73. The van der Waals surface area contributed by atoms with Crippen LogP contribution in [0.5, 0.6) is 11.5 Å². The van der Waals surface area contributed by atoms with Gasteiger partial charge in [-0.1, -0.05) is 24.3 Å². The zero-order valence-corrected chi connectivity index (χ0v) is 17.4. The number of amides is 1. The van der Waals surface area contributed by atoms with Crippen LogP contribution in [0.25, 0.3) is 0 Å². The first-order chi connectivity index (χ1) is 11.8. The third-order valence-electron chi connectivity index (χ3n) is 4.06. The van der Waals surface area contributed by atoms with Gasteiger partial charge in [-0.05, 0) is 73.0 Å². The quantitative estimate of drug-likeness (QED) is 0.662. The molecule has 0 aliphatic heterocycles. The van der Waals surface area contributed by atoms with Crippen LogP contribution in [0.3, 0.4) is 0 Å². The molecule has 2 rings (SSSR count). The topological polar surface area (TPSA) is 47.6 Å². The van der Waals surface area contributed by atoms with Crippen molar-refractivity contribution in [3.8, 4) is 11.5 Å². The van der Waals surface area contributed by atoms with Crippen LogP contribution in [-0.2, 0) is 6.42 Å². The first-order valence-corrected chi connectivity index (χ1v) is 9.14. The highest BCUT2D eigenvalue weighted by Gasteiger charge is 2.24. The van der Waals surface area contributed by atoms with Crippen LogP contribution in [0.15, 0.2) is 36.4 Å². The molecule has 0 unspecified atom stereocenters. The van der Waals surface area contributed by atoms with Crippen molar-refractivity contribution in [1.29, 1.82) is 0 Å². The minimum atomic E-state index is -0.376. The summed E-state index contributed by atoms with van der Waals surface area (Å²) < 4.78 is 11.4. The number of hydrogen-bond donors (Lipinski definition) is 1. The average Bonchev–Trinajstić information content (AvgIpc) is 2.55. The molecule has 0 saturated carbocycles. The van der Waals surface area contributed by atoms with Crippen LogP contribution in [0.4, 0.5) is 0 Å². The van der Waals surface area contributed by atoms with Crippen molar-refractivity contribution in [3.63, 3.8) is 0 Å². The summed E-state index contributed by atoms with van der Waals surface area (Å²) in [6.07, 6.45) is 0.759. The van der Waals surface area contributed by atoms with E-state index in [9.17, 15) is 4.79 Å². The molecular weight excluding hydrogens is 429 g/mol. The number of benzene rings is 2. The van der Waals surface area contributed by atoms with Gasteiger partial charge in [0.15, 0.2) is 11.5 Å². The first-order valence-electron chi connectivity index (χ1n) is 8.06. The highest BCUT2D eigenvalue weighted by atomic mass is 127. The van der Waals surface area contributed by atoms with Gasteiger partial charge in [0.25, 0.3) is 5.91 Å². The van der Waals surface area contributed by atoms with E-state index in [4.69, 9.17) is 9.47 Å². The maximum atomic E-state index is 12.8. The molecule has 0 bridgehead atoms. The van der Waals surface area contributed by atoms with E-state index in [1.165, 1.54) is 11.1 Å². The van der Waals surface area contributed by atoms with E-state index < -0.39 is 0 Å². The number of nitrogens with one attached hydrogen (secondary N) is 1.